The number of aliphatic hydroxyl groups is 1. The molecule has 0 saturated heterocycles. The van der Waals surface area contributed by atoms with Gasteiger partial charge in [-0.25, -0.2) is 0 Å². The van der Waals surface area contributed by atoms with Crippen LogP contribution in [0.2, 0.25) is 0 Å². The Labute approximate surface area is 74.2 Å². The normalized spacial score (nSPS) is 14.4. The number of hydrogen-bond donors (Lipinski definition) is 2. The summed E-state index contributed by atoms with van der Waals surface area (Å²) in [7, 11) is 1.69. The molecule has 2 N–H and O–H groups in total. The van der Waals surface area contributed by atoms with Crippen molar-refractivity contribution in [2.24, 2.45) is 5.41 Å². The molecule has 3 nitrogen and oxygen atoms in total. The summed E-state index contributed by atoms with van der Waals surface area (Å²) in [5.41, 5.74) is -0.337. The second-order valence-corrected chi connectivity index (χ2v) is 3.63. The quantitative estimate of drug-likeness (QED) is 0.639. The van der Waals surface area contributed by atoms with Crippen molar-refractivity contribution < 1.29 is 9.90 Å². The third-order valence-corrected chi connectivity index (χ3v) is 2.40. The third kappa shape index (κ3) is 2.57. The Morgan fingerprint density at radius 1 is 1.58 bits per heavy atom. The maximum absolute atomic E-state index is 11.6. The van der Waals surface area contributed by atoms with Crippen molar-refractivity contribution in [3.05, 3.63) is 0 Å². The van der Waals surface area contributed by atoms with Crippen LogP contribution in [0.3, 0.4) is 0 Å². The molecule has 0 bridgehead atoms. The van der Waals surface area contributed by atoms with E-state index in [2.05, 4.69) is 5.32 Å². The molecular weight excluding hydrogens is 154 g/mol. The van der Waals surface area contributed by atoms with E-state index in [0.29, 0.717) is 0 Å². The summed E-state index contributed by atoms with van der Waals surface area (Å²) in [6, 6.07) is -0.417. The minimum atomic E-state index is -0.417. The van der Waals surface area contributed by atoms with Gasteiger partial charge in [0, 0.05) is 5.41 Å². The summed E-state index contributed by atoms with van der Waals surface area (Å²) >= 11 is 0. The van der Waals surface area contributed by atoms with Gasteiger partial charge in [-0.3, -0.25) is 4.79 Å². The molecule has 0 amide bonds. The molecule has 0 fully saturated rings. The van der Waals surface area contributed by atoms with Crippen molar-refractivity contribution in [2.45, 2.75) is 33.2 Å². The van der Waals surface area contributed by atoms with E-state index in [1.165, 1.54) is 0 Å². The number of likely N-dealkylation sites (N-methyl/N-ethyl adjacent to an activating group) is 1. The molecule has 0 rings (SSSR count). The molecule has 0 aliphatic carbocycles. The molecule has 0 heterocycles. The monoisotopic (exact) mass is 173 g/mol. The van der Waals surface area contributed by atoms with Crippen LogP contribution in [0, 0.1) is 5.41 Å². The summed E-state index contributed by atoms with van der Waals surface area (Å²) in [5, 5.41) is 11.7. The van der Waals surface area contributed by atoms with Crippen LogP contribution >= 0.6 is 0 Å². The Balaban J connectivity index is 4.35. The van der Waals surface area contributed by atoms with Gasteiger partial charge in [0.1, 0.15) is 0 Å². The van der Waals surface area contributed by atoms with Gasteiger partial charge in [-0.05, 0) is 13.5 Å². The van der Waals surface area contributed by atoms with Gasteiger partial charge in [0.05, 0.1) is 12.6 Å². The lowest BCUT2D eigenvalue weighted by molar-refractivity contribution is -0.130. The molecule has 0 aliphatic rings. The fourth-order valence-corrected chi connectivity index (χ4v) is 0.951. The molecule has 0 aromatic rings. The van der Waals surface area contributed by atoms with E-state index < -0.39 is 6.04 Å². The van der Waals surface area contributed by atoms with Crippen LogP contribution in [0.1, 0.15) is 27.2 Å². The fourth-order valence-electron chi connectivity index (χ4n) is 0.951. The van der Waals surface area contributed by atoms with Crippen LogP contribution in [0.5, 0.6) is 0 Å². The van der Waals surface area contributed by atoms with Crippen molar-refractivity contribution in [3.8, 4) is 0 Å². The largest absolute Gasteiger partial charge is 0.394 e. The Hall–Kier alpha value is -0.410. The summed E-state index contributed by atoms with van der Waals surface area (Å²) in [4.78, 5) is 11.6. The smallest absolute Gasteiger partial charge is 0.157 e. The molecule has 12 heavy (non-hydrogen) atoms. The Bertz CT molecular complexity index is 151. The van der Waals surface area contributed by atoms with Crippen LogP contribution in [-0.4, -0.2) is 30.6 Å². The lowest BCUT2D eigenvalue weighted by Crippen LogP contribution is -2.44. The number of rotatable bonds is 5. The minimum Gasteiger partial charge on any atom is -0.394 e. The second-order valence-electron chi connectivity index (χ2n) is 3.63. The van der Waals surface area contributed by atoms with Crippen molar-refractivity contribution in [1.29, 1.82) is 0 Å². The lowest BCUT2D eigenvalue weighted by atomic mass is 9.82. The van der Waals surface area contributed by atoms with Crippen LogP contribution in [0.15, 0.2) is 0 Å². The second kappa shape index (κ2) is 4.58. The van der Waals surface area contributed by atoms with Gasteiger partial charge in [0.15, 0.2) is 5.78 Å². The van der Waals surface area contributed by atoms with Crippen LogP contribution in [0.25, 0.3) is 0 Å². The highest BCUT2D eigenvalue weighted by molar-refractivity contribution is 5.89. The maximum Gasteiger partial charge on any atom is 0.157 e. The number of nitrogens with one attached hydrogen (secondary N) is 1. The topological polar surface area (TPSA) is 49.3 Å². The average Bonchev–Trinajstić information content (AvgIpc) is 2.06. The molecule has 0 saturated carbocycles. The molecule has 0 spiro atoms. The highest BCUT2D eigenvalue weighted by Crippen LogP contribution is 2.22. The van der Waals surface area contributed by atoms with Crippen LogP contribution in [-0.2, 0) is 4.79 Å². The Morgan fingerprint density at radius 2 is 2.08 bits per heavy atom. The highest BCUT2D eigenvalue weighted by atomic mass is 16.3. The first kappa shape index (κ1) is 11.6. The predicted octanol–water partition coefficient (Wildman–Crippen LogP) is 0.572. The Morgan fingerprint density at radius 3 is 2.33 bits per heavy atom. The fraction of sp³-hybridized carbons (Fsp3) is 0.889. The summed E-state index contributed by atoms with van der Waals surface area (Å²) in [6.45, 7) is 5.64. The zero-order valence-electron chi connectivity index (χ0n) is 8.35. The van der Waals surface area contributed by atoms with E-state index in [1.807, 2.05) is 20.8 Å². The number of aliphatic hydroxyl groups excluding tert-OH is 1. The van der Waals surface area contributed by atoms with Gasteiger partial charge in [-0.1, -0.05) is 20.8 Å². The average molecular weight is 173 g/mol. The van der Waals surface area contributed by atoms with Gasteiger partial charge >= 0.3 is 0 Å². The van der Waals surface area contributed by atoms with E-state index in [4.69, 9.17) is 5.11 Å². The van der Waals surface area contributed by atoms with Gasteiger partial charge in [0.25, 0.3) is 0 Å². The van der Waals surface area contributed by atoms with Crippen LogP contribution in [0.4, 0.5) is 0 Å². The predicted molar refractivity (Wildman–Crippen MR) is 49.0 cm³/mol. The number of ketones is 1. The van der Waals surface area contributed by atoms with E-state index in [0.717, 1.165) is 6.42 Å². The number of hydrogen-bond acceptors (Lipinski definition) is 3. The molecule has 1 unspecified atom stereocenters. The zero-order valence-corrected chi connectivity index (χ0v) is 8.35. The van der Waals surface area contributed by atoms with E-state index >= 15 is 0 Å². The van der Waals surface area contributed by atoms with Gasteiger partial charge in [-0.2, -0.15) is 0 Å². The molecule has 0 aromatic carbocycles. The molecule has 3 heteroatoms. The van der Waals surface area contributed by atoms with Gasteiger partial charge in [-0.15, -0.1) is 0 Å². The van der Waals surface area contributed by atoms with Gasteiger partial charge < -0.3 is 10.4 Å². The summed E-state index contributed by atoms with van der Waals surface area (Å²) in [5.74, 6) is 0.0787. The number of Topliss-reactive ketones (excluding diaryl/α,β-unsaturated/α-hetero) is 1. The first-order valence-corrected chi connectivity index (χ1v) is 4.32. The number of carbonyl (C=O) groups is 1. The molecule has 0 aliphatic heterocycles. The van der Waals surface area contributed by atoms with Crippen molar-refractivity contribution in [1.82, 2.24) is 5.32 Å². The van der Waals surface area contributed by atoms with Crippen molar-refractivity contribution in [3.63, 3.8) is 0 Å². The van der Waals surface area contributed by atoms with E-state index in [9.17, 15) is 4.79 Å². The van der Waals surface area contributed by atoms with E-state index in [-0.39, 0.29) is 17.8 Å². The Kier molecular flexibility index (Phi) is 4.42. The van der Waals surface area contributed by atoms with Crippen LogP contribution < -0.4 is 5.32 Å². The molecule has 1 atom stereocenters. The highest BCUT2D eigenvalue weighted by Gasteiger charge is 2.30. The summed E-state index contributed by atoms with van der Waals surface area (Å²) in [6.07, 6.45) is 0.796. The first-order chi connectivity index (χ1) is 5.49. The summed E-state index contributed by atoms with van der Waals surface area (Å²) < 4.78 is 0. The van der Waals surface area contributed by atoms with Crippen molar-refractivity contribution >= 4 is 5.78 Å². The SMILES string of the molecule is CCC(C)(C)C(=O)C(CO)NC. The molecule has 72 valence electrons. The standard InChI is InChI=1S/C9H19NO2/c1-5-9(2,3)8(12)7(6-11)10-4/h7,10-11H,5-6H2,1-4H3. The molecule has 0 aromatic heterocycles. The maximum atomic E-state index is 11.6. The van der Waals surface area contributed by atoms with Crippen molar-refractivity contribution in [2.75, 3.05) is 13.7 Å². The molecular formula is C9H19NO2. The first-order valence-electron chi connectivity index (χ1n) is 4.32. The third-order valence-electron chi connectivity index (χ3n) is 2.40. The zero-order chi connectivity index (χ0) is 9.78. The van der Waals surface area contributed by atoms with Gasteiger partial charge in [0.2, 0.25) is 0 Å². The molecule has 0 radical (unpaired) electrons. The van der Waals surface area contributed by atoms with E-state index in [1.54, 1.807) is 7.05 Å². The number of carbonyl (C=O) groups excluding carboxylic acids is 1. The lowest BCUT2D eigenvalue weighted by Gasteiger charge is -2.25. The minimum absolute atomic E-state index is 0.0787.